The Morgan fingerprint density at radius 2 is 2.18 bits per heavy atom. The summed E-state index contributed by atoms with van der Waals surface area (Å²) >= 11 is 6.41. The van der Waals surface area contributed by atoms with E-state index in [1.165, 1.54) is 0 Å². The first kappa shape index (κ1) is 14.4. The summed E-state index contributed by atoms with van der Waals surface area (Å²) in [7, 11) is 0. The molecule has 2 unspecified atom stereocenters. The van der Waals surface area contributed by atoms with Crippen molar-refractivity contribution in [2.24, 2.45) is 16.1 Å². The normalized spacial score (nSPS) is 29.8. The molecule has 5 heteroatoms. The number of hydrogen-bond acceptors (Lipinski definition) is 4. The molecule has 0 bridgehead atoms. The van der Waals surface area contributed by atoms with Crippen molar-refractivity contribution in [1.29, 1.82) is 0 Å². The van der Waals surface area contributed by atoms with E-state index < -0.39 is 5.00 Å². The number of carbonyl (C=O) groups excluding carboxylic acids is 1. The summed E-state index contributed by atoms with van der Waals surface area (Å²) in [6, 6.07) is 0. The lowest BCUT2D eigenvalue weighted by atomic mass is 10.0. The monoisotopic (exact) mass is 260 g/mol. The van der Waals surface area contributed by atoms with Gasteiger partial charge in [-0.25, -0.2) is 0 Å². The highest BCUT2D eigenvalue weighted by atomic mass is 35.5. The molecule has 0 aromatic heterocycles. The van der Waals surface area contributed by atoms with Gasteiger partial charge in [0.15, 0.2) is 5.00 Å². The lowest BCUT2D eigenvalue weighted by Crippen LogP contribution is -2.32. The molecule has 1 saturated carbocycles. The second-order valence-electron chi connectivity index (χ2n) is 5.39. The highest BCUT2D eigenvalue weighted by molar-refractivity contribution is 6.25. The molecule has 98 valence electrons. The van der Waals surface area contributed by atoms with Crippen LogP contribution in [-0.4, -0.2) is 23.1 Å². The zero-order valence-electron chi connectivity index (χ0n) is 11.0. The van der Waals surface area contributed by atoms with E-state index in [0.29, 0.717) is 13.0 Å². The fourth-order valence-corrected chi connectivity index (χ4v) is 2.21. The Kier molecular flexibility index (Phi) is 4.53. The van der Waals surface area contributed by atoms with Crippen LogP contribution in [0.25, 0.3) is 0 Å². The molecule has 1 aliphatic rings. The van der Waals surface area contributed by atoms with Gasteiger partial charge in [0.05, 0.1) is 18.1 Å². The van der Waals surface area contributed by atoms with Crippen molar-refractivity contribution in [3.63, 3.8) is 0 Å². The number of nitrogens with zero attached hydrogens (tertiary/aromatic N) is 2. The number of esters is 1. The van der Waals surface area contributed by atoms with Gasteiger partial charge in [0, 0.05) is 0 Å². The topological polar surface area (TPSA) is 51.0 Å². The summed E-state index contributed by atoms with van der Waals surface area (Å²) in [5.41, 5.74) is -0.274. The smallest absolute Gasteiger partial charge is 0.312 e. The molecule has 0 saturated heterocycles. The Hall–Kier alpha value is -0.640. The van der Waals surface area contributed by atoms with Gasteiger partial charge in [-0.1, -0.05) is 11.6 Å². The average Bonchev–Trinajstić information content (AvgIpc) is 2.58. The van der Waals surface area contributed by atoms with Crippen molar-refractivity contribution in [2.45, 2.75) is 57.5 Å². The van der Waals surface area contributed by atoms with Gasteiger partial charge < -0.3 is 4.74 Å². The Morgan fingerprint density at radius 3 is 2.71 bits per heavy atom. The largest absolute Gasteiger partial charge is 0.466 e. The SMILES string of the molecule is CCOC(=O)C1CCCC1(Cl)N=NC(C)(C)C. The molecule has 4 nitrogen and oxygen atoms in total. The molecule has 0 amide bonds. The van der Waals surface area contributed by atoms with Gasteiger partial charge in [-0.05, 0) is 47.0 Å². The molecule has 1 rings (SSSR count). The van der Waals surface area contributed by atoms with Crippen LogP contribution in [0.4, 0.5) is 0 Å². The van der Waals surface area contributed by atoms with Crippen LogP contribution in [-0.2, 0) is 9.53 Å². The maximum atomic E-state index is 11.8. The maximum absolute atomic E-state index is 11.8. The highest BCUT2D eigenvalue weighted by Gasteiger charge is 2.47. The third-order valence-electron chi connectivity index (χ3n) is 2.64. The number of ether oxygens (including phenoxy) is 1. The molecule has 0 spiro atoms. The highest BCUT2D eigenvalue weighted by Crippen LogP contribution is 2.43. The summed E-state index contributed by atoms with van der Waals surface area (Å²) in [5, 5.41) is 8.39. The Morgan fingerprint density at radius 1 is 1.53 bits per heavy atom. The third kappa shape index (κ3) is 3.95. The van der Waals surface area contributed by atoms with Crippen molar-refractivity contribution >= 4 is 17.6 Å². The summed E-state index contributed by atoms with van der Waals surface area (Å²) < 4.78 is 5.03. The quantitative estimate of drug-likeness (QED) is 0.337. The van der Waals surface area contributed by atoms with E-state index in [2.05, 4.69) is 10.2 Å². The first-order valence-corrected chi connectivity index (χ1v) is 6.46. The minimum Gasteiger partial charge on any atom is -0.466 e. The standard InChI is InChI=1S/C12H21ClN2O2/c1-5-17-10(16)9-7-6-8-12(9,13)15-14-11(2,3)4/h9H,5-8H2,1-4H3. The molecule has 0 radical (unpaired) electrons. The second-order valence-corrected chi connectivity index (χ2v) is 6.04. The maximum Gasteiger partial charge on any atom is 0.312 e. The fourth-order valence-electron chi connectivity index (χ4n) is 1.84. The zero-order valence-corrected chi connectivity index (χ0v) is 11.8. The van der Waals surface area contributed by atoms with Crippen LogP contribution in [0.1, 0.15) is 47.0 Å². The first-order chi connectivity index (χ1) is 7.78. The number of rotatable bonds is 3. The fraction of sp³-hybridized carbons (Fsp3) is 0.917. The van der Waals surface area contributed by atoms with Crippen LogP contribution in [0.3, 0.4) is 0 Å². The van der Waals surface area contributed by atoms with Gasteiger partial charge in [0.1, 0.15) is 0 Å². The van der Waals surface area contributed by atoms with E-state index in [9.17, 15) is 4.79 Å². The molecule has 17 heavy (non-hydrogen) atoms. The van der Waals surface area contributed by atoms with E-state index in [4.69, 9.17) is 16.3 Å². The zero-order chi connectivity index (χ0) is 13.1. The molecular weight excluding hydrogens is 240 g/mol. The van der Waals surface area contributed by atoms with Crippen LogP contribution in [0.5, 0.6) is 0 Å². The third-order valence-corrected chi connectivity index (χ3v) is 3.17. The summed E-state index contributed by atoms with van der Waals surface area (Å²) in [6.45, 7) is 8.01. The van der Waals surface area contributed by atoms with Crippen molar-refractivity contribution in [3.05, 3.63) is 0 Å². The predicted molar refractivity (Wildman–Crippen MR) is 67.2 cm³/mol. The molecule has 2 atom stereocenters. The predicted octanol–water partition coefficient (Wildman–Crippen LogP) is 3.54. The lowest BCUT2D eigenvalue weighted by Gasteiger charge is -2.23. The van der Waals surface area contributed by atoms with Gasteiger partial charge in [-0.15, -0.1) is 0 Å². The van der Waals surface area contributed by atoms with Gasteiger partial charge >= 0.3 is 5.97 Å². The van der Waals surface area contributed by atoms with Crippen LogP contribution < -0.4 is 0 Å². The first-order valence-electron chi connectivity index (χ1n) is 6.08. The molecule has 0 aromatic rings. The summed E-state index contributed by atoms with van der Waals surface area (Å²) in [6.07, 6.45) is 2.29. The minimum absolute atomic E-state index is 0.257. The van der Waals surface area contributed by atoms with E-state index in [1.54, 1.807) is 6.92 Å². The van der Waals surface area contributed by atoms with Crippen molar-refractivity contribution in [1.82, 2.24) is 0 Å². The Labute approximate surface area is 108 Å². The van der Waals surface area contributed by atoms with Gasteiger partial charge in [0.2, 0.25) is 0 Å². The average molecular weight is 261 g/mol. The molecular formula is C12H21ClN2O2. The number of carbonyl (C=O) groups is 1. The van der Waals surface area contributed by atoms with Crippen LogP contribution in [0, 0.1) is 5.92 Å². The van der Waals surface area contributed by atoms with Gasteiger partial charge in [0.25, 0.3) is 0 Å². The van der Waals surface area contributed by atoms with Crippen molar-refractivity contribution in [2.75, 3.05) is 6.61 Å². The molecule has 1 fully saturated rings. The van der Waals surface area contributed by atoms with Crippen molar-refractivity contribution in [3.8, 4) is 0 Å². The van der Waals surface area contributed by atoms with E-state index in [0.717, 1.165) is 12.8 Å². The molecule has 0 aliphatic heterocycles. The van der Waals surface area contributed by atoms with Crippen molar-refractivity contribution < 1.29 is 9.53 Å². The molecule has 0 heterocycles. The van der Waals surface area contributed by atoms with E-state index in [-0.39, 0.29) is 17.4 Å². The Balaban J connectivity index is 2.79. The molecule has 0 N–H and O–H groups in total. The number of alkyl halides is 1. The second kappa shape index (κ2) is 5.34. The Bertz CT molecular complexity index is 312. The number of halogens is 1. The van der Waals surface area contributed by atoms with Crippen LogP contribution in [0.15, 0.2) is 10.2 Å². The van der Waals surface area contributed by atoms with Gasteiger partial charge in [-0.2, -0.15) is 10.2 Å². The van der Waals surface area contributed by atoms with Gasteiger partial charge in [-0.3, -0.25) is 4.79 Å². The van der Waals surface area contributed by atoms with E-state index >= 15 is 0 Å². The van der Waals surface area contributed by atoms with Crippen LogP contribution >= 0.6 is 11.6 Å². The number of hydrogen-bond donors (Lipinski definition) is 0. The number of azo groups is 1. The molecule has 1 aliphatic carbocycles. The summed E-state index contributed by atoms with van der Waals surface area (Å²) in [5.74, 6) is -0.622. The molecule has 0 aromatic carbocycles. The van der Waals surface area contributed by atoms with E-state index in [1.807, 2.05) is 20.8 Å². The summed E-state index contributed by atoms with van der Waals surface area (Å²) in [4.78, 5) is 10.9. The minimum atomic E-state index is -0.903. The lowest BCUT2D eigenvalue weighted by molar-refractivity contribution is -0.148. The van der Waals surface area contributed by atoms with Crippen LogP contribution in [0.2, 0.25) is 0 Å².